The molecule has 12 heteroatoms. The number of cyclic esters (lactones) is 1. The fourth-order valence-corrected chi connectivity index (χ4v) is 5.65. The maximum atomic E-state index is 13.3. The van der Waals surface area contributed by atoms with Crippen LogP contribution < -0.4 is 10.6 Å². The minimum atomic E-state index is -5.04. The molecular weight excluding hydrogens is 631 g/mol. The number of anilines is 1. The molecule has 1 saturated heterocycles. The summed E-state index contributed by atoms with van der Waals surface area (Å²) in [6, 6.07) is 11.9. The van der Waals surface area contributed by atoms with Gasteiger partial charge < -0.3 is 20.1 Å². The molecule has 4 rings (SSSR count). The molecule has 2 atom stereocenters. The molecule has 1 unspecified atom stereocenters. The van der Waals surface area contributed by atoms with Crippen LogP contribution in [0.5, 0.6) is 0 Å². The van der Waals surface area contributed by atoms with Gasteiger partial charge in [0, 0.05) is 4.47 Å². The van der Waals surface area contributed by atoms with E-state index in [0.717, 1.165) is 24.0 Å². The molecule has 2 aliphatic rings. The predicted molar refractivity (Wildman–Crippen MR) is 159 cm³/mol. The van der Waals surface area contributed by atoms with Crippen molar-refractivity contribution in [3.8, 4) is 0 Å². The topological polar surface area (TPSA) is 97.0 Å². The van der Waals surface area contributed by atoms with Crippen molar-refractivity contribution in [1.82, 2.24) is 10.2 Å². The van der Waals surface area contributed by atoms with Crippen LogP contribution in [0, 0.1) is 0 Å². The second-order valence-corrected chi connectivity index (χ2v) is 14.0. The smallest absolute Gasteiger partial charge is 0.444 e. The molecule has 43 heavy (non-hydrogen) atoms. The number of rotatable bonds is 7. The molecule has 3 amide bonds. The van der Waals surface area contributed by atoms with Gasteiger partial charge in [-0.25, -0.2) is 9.59 Å². The first kappa shape index (κ1) is 32.6. The number of halogens is 4. The summed E-state index contributed by atoms with van der Waals surface area (Å²) in [5.41, 5.74) is 1.41. The maximum Gasteiger partial charge on any atom is 0.471 e. The maximum absolute atomic E-state index is 13.3. The van der Waals surface area contributed by atoms with E-state index in [4.69, 9.17) is 9.47 Å². The zero-order chi connectivity index (χ0) is 32.0. The highest BCUT2D eigenvalue weighted by atomic mass is 79.9. The van der Waals surface area contributed by atoms with Crippen LogP contribution in [0.1, 0.15) is 71.1 Å². The summed E-state index contributed by atoms with van der Waals surface area (Å²) < 4.78 is 49.7. The van der Waals surface area contributed by atoms with Crippen LogP contribution in [-0.2, 0) is 31.6 Å². The lowest BCUT2D eigenvalue weighted by molar-refractivity contribution is -0.167. The van der Waals surface area contributed by atoms with Crippen molar-refractivity contribution >= 4 is 39.7 Å². The van der Waals surface area contributed by atoms with Gasteiger partial charge in [0.05, 0.1) is 23.8 Å². The van der Waals surface area contributed by atoms with E-state index in [-0.39, 0.29) is 28.5 Å². The van der Waals surface area contributed by atoms with Crippen molar-refractivity contribution in [2.24, 2.45) is 0 Å². The monoisotopic (exact) mass is 667 g/mol. The van der Waals surface area contributed by atoms with E-state index in [9.17, 15) is 27.6 Å². The zero-order valence-electron chi connectivity index (χ0n) is 25.0. The van der Waals surface area contributed by atoms with E-state index in [1.54, 1.807) is 31.7 Å². The molecule has 234 valence electrons. The molecule has 2 fully saturated rings. The number of alkyl carbamates (subject to hydrolysis) is 1. The Morgan fingerprint density at radius 2 is 1.77 bits per heavy atom. The molecule has 0 aromatic heterocycles. The van der Waals surface area contributed by atoms with Crippen LogP contribution >= 0.6 is 15.9 Å². The second kappa shape index (κ2) is 11.7. The number of nitrogens with one attached hydrogen (secondary N) is 2. The first-order valence-corrected chi connectivity index (χ1v) is 14.8. The molecule has 1 aliphatic carbocycles. The van der Waals surface area contributed by atoms with Crippen LogP contribution in [0.4, 0.5) is 28.4 Å². The first-order valence-electron chi connectivity index (χ1n) is 14.0. The quantitative estimate of drug-likeness (QED) is 0.326. The number of alkyl halides is 3. The Hall–Kier alpha value is -3.28. The number of amides is 3. The Morgan fingerprint density at radius 1 is 1.09 bits per heavy atom. The lowest BCUT2D eigenvalue weighted by Crippen LogP contribution is -2.48. The van der Waals surface area contributed by atoms with Crippen LogP contribution in [0.25, 0.3) is 0 Å². The van der Waals surface area contributed by atoms with Gasteiger partial charge in [-0.15, -0.1) is 0 Å². The third kappa shape index (κ3) is 7.82. The molecule has 0 bridgehead atoms. The Morgan fingerprint density at radius 3 is 2.33 bits per heavy atom. The minimum Gasteiger partial charge on any atom is -0.444 e. The molecule has 0 radical (unpaired) electrons. The van der Waals surface area contributed by atoms with E-state index in [1.807, 2.05) is 17.4 Å². The van der Waals surface area contributed by atoms with E-state index in [0.29, 0.717) is 5.56 Å². The summed E-state index contributed by atoms with van der Waals surface area (Å²) in [5, 5.41) is 4.66. The summed E-state index contributed by atoms with van der Waals surface area (Å²) >= 11 is 3.22. The lowest BCUT2D eigenvalue weighted by atomic mass is 9.85. The van der Waals surface area contributed by atoms with Gasteiger partial charge in [-0.3, -0.25) is 9.69 Å². The van der Waals surface area contributed by atoms with E-state index < -0.39 is 47.6 Å². The number of ether oxygens (including phenoxy) is 2. The Balaban J connectivity index is 1.57. The highest BCUT2D eigenvalue weighted by Gasteiger charge is 2.56. The van der Waals surface area contributed by atoms with Crippen LogP contribution in [0.15, 0.2) is 46.9 Å². The van der Waals surface area contributed by atoms with Crippen molar-refractivity contribution in [3.05, 3.63) is 63.6 Å². The number of hydrogen-bond donors (Lipinski definition) is 2. The Bertz CT molecular complexity index is 1400. The highest BCUT2D eigenvalue weighted by molar-refractivity contribution is 9.10. The summed E-state index contributed by atoms with van der Waals surface area (Å²) in [6.07, 6.45) is -5.21. The molecule has 8 nitrogen and oxygen atoms in total. The molecule has 2 aromatic carbocycles. The van der Waals surface area contributed by atoms with Gasteiger partial charge in [-0.2, -0.15) is 13.2 Å². The minimum absolute atomic E-state index is 0.0608. The zero-order valence-corrected chi connectivity index (χ0v) is 26.6. The fraction of sp³-hybridized carbons (Fsp3) is 0.516. The summed E-state index contributed by atoms with van der Waals surface area (Å²) in [4.78, 5) is 39.3. The van der Waals surface area contributed by atoms with Crippen molar-refractivity contribution in [1.29, 1.82) is 0 Å². The molecule has 0 spiro atoms. The predicted octanol–water partition coefficient (Wildman–Crippen LogP) is 7.19. The highest BCUT2D eigenvalue weighted by Crippen LogP contribution is 2.53. The number of benzene rings is 2. The lowest BCUT2D eigenvalue weighted by Gasteiger charge is -2.29. The van der Waals surface area contributed by atoms with Crippen molar-refractivity contribution in [2.75, 3.05) is 11.9 Å². The molecule has 1 aliphatic heterocycles. The van der Waals surface area contributed by atoms with E-state index >= 15 is 0 Å². The van der Waals surface area contributed by atoms with Gasteiger partial charge in [0.15, 0.2) is 0 Å². The number of hydrogen-bond acceptors (Lipinski definition) is 5. The number of nitrogens with zero attached hydrogens (tertiary/aromatic N) is 1. The van der Waals surface area contributed by atoms with Crippen molar-refractivity contribution < 1.29 is 37.0 Å². The number of carbonyl (C=O) groups excluding carboxylic acids is 3. The SMILES string of the molecule is CC(C)(C)OC(=O)N[C@@H](Cc1ccc(NC(=O)C(F)(F)F)c(Br)c1)C1CN(C2(c3cccc(C(C)(C)C)c3)CC2)C(=O)O1. The van der Waals surface area contributed by atoms with Crippen molar-refractivity contribution in [2.45, 2.75) is 95.7 Å². The van der Waals surface area contributed by atoms with Crippen LogP contribution in [0.3, 0.4) is 0 Å². The standard InChI is InChI=1S/C31H37BrF3N3O5/c1-28(2,3)19-8-7-9-20(16-19)30(12-13-30)38-17-24(42-27(38)41)23(37-26(40)43-29(4,5)6)15-18-10-11-22(21(32)14-18)36-25(39)31(33,34)35/h7-11,14,16,23-24H,12-13,15,17H2,1-6H3,(H,36,39)(H,37,40)/t23-,24?/m0/s1. The Kier molecular flexibility index (Phi) is 8.85. The largest absolute Gasteiger partial charge is 0.471 e. The van der Waals surface area contributed by atoms with Gasteiger partial charge in [-0.05, 0) is 90.2 Å². The van der Waals surface area contributed by atoms with Crippen LogP contribution in [0.2, 0.25) is 0 Å². The molecule has 2 N–H and O–H groups in total. The van der Waals surface area contributed by atoms with Gasteiger partial charge in [0.1, 0.15) is 11.7 Å². The molecular formula is C31H37BrF3N3O5. The first-order chi connectivity index (χ1) is 19.8. The van der Waals surface area contributed by atoms with Gasteiger partial charge >= 0.3 is 24.3 Å². The fourth-order valence-electron chi connectivity index (χ4n) is 5.12. The summed E-state index contributed by atoms with van der Waals surface area (Å²) in [5.74, 6) is -2.09. The van der Waals surface area contributed by atoms with E-state index in [1.165, 1.54) is 12.1 Å². The Labute approximate surface area is 257 Å². The van der Waals surface area contributed by atoms with Crippen molar-refractivity contribution in [3.63, 3.8) is 0 Å². The third-order valence-corrected chi connectivity index (χ3v) is 8.14. The molecule has 2 aromatic rings. The average Bonchev–Trinajstić information content (AvgIpc) is 3.58. The second-order valence-electron chi connectivity index (χ2n) is 13.1. The molecule has 1 saturated carbocycles. The van der Waals surface area contributed by atoms with Gasteiger partial charge in [-0.1, -0.05) is 51.1 Å². The molecule has 1 heterocycles. The van der Waals surface area contributed by atoms with Gasteiger partial charge in [0.25, 0.3) is 0 Å². The van der Waals surface area contributed by atoms with Crippen LogP contribution in [-0.4, -0.2) is 53.5 Å². The summed E-state index contributed by atoms with van der Waals surface area (Å²) in [7, 11) is 0. The third-order valence-electron chi connectivity index (χ3n) is 7.49. The van der Waals surface area contributed by atoms with Gasteiger partial charge in [0.2, 0.25) is 0 Å². The van der Waals surface area contributed by atoms with E-state index in [2.05, 4.69) is 54.2 Å². The normalized spacial score (nSPS) is 19.0. The summed E-state index contributed by atoms with van der Waals surface area (Å²) in [6.45, 7) is 11.8. The average molecular weight is 669 g/mol. The number of carbonyl (C=O) groups is 3.